The zero-order chi connectivity index (χ0) is 83.9. The van der Waals surface area contributed by atoms with E-state index in [1.54, 1.807) is 44.1 Å². The number of hydrogen-bond donors (Lipinski definition) is 8. The van der Waals surface area contributed by atoms with Gasteiger partial charge in [-0.1, -0.05) is 78.9 Å². The molecule has 12 aromatic rings. The number of methoxy groups -OCH3 is 3. The van der Waals surface area contributed by atoms with E-state index < -0.39 is 18.8 Å². The number of aryl methyl sites for hydroxylation is 7. The number of aromatic nitrogens is 7. The zero-order valence-electron chi connectivity index (χ0n) is 68.9. The summed E-state index contributed by atoms with van der Waals surface area (Å²) in [5, 5.41) is 32.8. The first-order valence-corrected chi connectivity index (χ1v) is 39.5. The smallest absolute Gasteiger partial charge is 0.419 e. The van der Waals surface area contributed by atoms with Crippen LogP contribution in [0, 0.1) is 61.2 Å². The van der Waals surface area contributed by atoms with Gasteiger partial charge in [0.25, 0.3) is 5.91 Å². The van der Waals surface area contributed by atoms with Crippen LogP contribution in [0.3, 0.4) is 0 Å². The van der Waals surface area contributed by atoms with Crippen molar-refractivity contribution in [2.45, 2.75) is 101 Å². The molecule has 0 bridgehead atoms. The molecule has 1 atom stereocenters. The van der Waals surface area contributed by atoms with Crippen LogP contribution in [0.25, 0.3) is 64.0 Å². The van der Waals surface area contributed by atoms with Crippen LogP contribution in [0.15, 0.2) is 236 Å². The summed E-state index contributed by atoms with van der Waals surface area (Å²) in [6.45, 7) is 19.8. The second kappa shape index (κ2) is 35.8. The number of benzene rings is 5. The lowest BCUT2D eigenvalue weighted by atomic mass is 10.0. The molecule has 8 N–H and O–H groups in total. The standard InChI is InChI=1S/C27H23N3O2.C24H25N3O5.C24H26N2O2.C22H22FN3O/c1-17-13-18(2)28-21(17)15-23-26(32-3)16-22(29-23)25-14-20-11-7-8-12-24(20)30(25)27(31)19-9-5-4-6-10-19;1-14-8-15(2)25-18(14)10-20-23(31-3)11-19(26-20)22-9-16-6-4-5-7-21(16)27(22)24(30)32-13-17(29)12-28;1-15-20(9-6-10-27)16(2)25-21(15)13-23-24(28-3)14-22(26-23)19-11-17-7-4-5-8-18(17)12-19;1-12(2)27-22-11-20(19-9-15-8-16(23)5-6-17(15)25-19)26-21(22)10-18-13(3)7-14(4)24-18/h4-16,28H,1-3H3;4-11,17,25,28-29H,12-13H2,1-3H3;4-5,7-8,11,13-14,25,27H,6,9-10,12H2,1-3H3;5-12,24,26H,1-4H3/b23-15+;20-10-;23-13-;20-19?,21-10+. The molecule has 0 amide bonds. The Morgan fingerprint density at radius 1 is 0.555 bits per heavy atom. The molecule has 17 rings (SSSR count). The molecule has 0 radical (unpaired) electrons. The maximum Gasteiger partial charge on any atom is 0.419 e. The highest BCUT2D eigenvalue weighted by atomic mass is 19.1. The fourth-order valence-corrected chi connectivity index (χ4v) is 15.1. The topological polar surface area (TPSA) is 279 Å². The number of nitrogens with one attached hydrogen (secondary N) is 5. The number of carbonyl (C=O) groups is 2. The van der Waals surface area contributed by atoms with Crippen molar-refractivity contribution in [3.63, 3.8) is 0 Å². The molecule has 0 fully saturated rings. The van der Waals surface area contributed by atoms with Crippen molar-refractivity contribution in [2.75, 3.05) is 41.2 Å². The highest BCUT2D eigenvalue weighted by Gasteiger charge is 2.29. The number of aliphatic imine (C=N–C) groups is 3. The lowest BCUT2D eigenvalue weighted by Gasteiger charge is -2.11. The lowest BCUT2D eigenvalue weighted by molar-refractivity contribution is 0.0328. The van der Waals surface area contributed by atoms with Crippen LogP contribution in [-0.2, 0) is 31.8 Å². The van der Waals surface area contributed by atoms with E-state index in [0.29, 0.717) is 45.4 Å². The number of para-hydroxylation sites is 2. The molecule has 11 heterocycles. The van der Waals surface area contributed by atoms with Gasteiger partial charge >= 0.3 is 6.09 Å². The van der Waals surface area contributed by atoms with E-state index in [1.165, 1.54) is 50.1 Å². The maximum atomic E-state index is 13.5. The molecule has 606 valence electrons. The van der Waals surface area contributed by atoms with E-state index in [9.17, 15) is 19.1 Å². The molecule has 4 aliphatic heterocycles. The highest BCUT2D eigenvalue weighted by Crippen LogP contribution is 2.35. The summed E-state index contributed by atoms with van der Waals surface area (Å²) in [6.07, 6.45) is 18.6. The van der Waals surface area contributed by atoms with Gasteiger partial charge in [0.05, 0.1) is 95.3 Å². The number of aromatic amines is 5. The van der Waals surface area contributed by atoms with Crippen molar-refractivity contribution in [2.24, 2.45) is 20.0 Å². The first kappa shape index (κ1) is 81.9. The summed E-state index contributed by atoms with van der Waals surface area (Å²) in [6, 6.07) is 49.7. The van der Waals surface area contributed by atoms with Crippen molar-refractivity contribution in [1.82, 2.24) is 34.1 Å². The number of fused-ring (bicyclic) bond motifs is 4. The number of rotatable bonds is 19. The Kier molecular flexibility index (Phi) is 24.7. The molecule has 0 saturated carbocycles. The second-order valence-electron chi connectivity index (χ2n) is 30.1. The fraction of sp³-hybridized carbons (Fsp3) is 0.216. The van der Waals surface area contributed by atoms with Crippen LogP contribution in [0.4, 0.5) is 9.18 Å². The Hall–Kier alpha value is -13.7. The van der Waals surface area contributed by atoms with E-state index in [1.807, 2.05) is 169 Å². The summed E-state index contributed by atoms with van der Waals surface area (Å²) in [4.78, 5) is 62.4. The Morgan fingerprint density at radius 2 is 1.08 bits per heavy atom. The van der Waals surface area contributed by atoms with Gasteiger partial charge in [-0.2, -0.15) is 0 Å². The molecular weight excluding hydrogens is 1500 g/mol. The Bertz CT molecular complexity index is 6560. The molecule has 5 aromatic carbocycles. The number of allylic oxidation sites excluding steroid dienone is 4. The van der Waals surface area contributed by atoms with E-state index in [0.717, 1.165) is 154 Å². The summed E-state index contributed by atoms with van der Waals surface area (Å²) in [5.74, 6) is 2.44. The number of nitrogens with zero attached hydrogens (tertiary/aromatic N) is 6. The maximum absolute atomic E-state index is 13.5. The highest BCUT2D eigenvalue weighted by molar-refractivity contribution is 6.18. The normalized spacial score (nSPS) is 15.7. The van der Waals surface area contributed by atoms with Gasteiger partial charge in [0.15, 0.2) is 0 Å². The van der Waals surface area contributed by atoms with E-state index in [-0.39, 0.29) is 31.0 Å². The van der Waals surface area contributed by atoms with Gasteiger partial charge in [-0.05, 0) is 236 Å². The van der Waals surface area contributed by atoms with Crippen molar-refractivity contribution >= 4 is 93.1 Å². The zero-order valence-corrected chi connectivity index (χ0v) is 68.9. The van der Waals surface area contributed by atoms with E-state index in [4.69, 9.17) is 48.9 Å². The molecular formula is C97H96FN11O10. The Balaban J connectivity index is 0.000000130. The molecule has 22 heteroatoms. The molecule has 0 spiro atoms. The molecule has 1 aliphatic carbocycles. The van der Waals surface area contributed by atoms with Gasteiger partial charge in [-0.3, -0.25) is 9.36 Å². The van der Waals surface area contributed by atoms with Gasteiger partial charge in [0, 0.05) is 104 Å². The summed E-state index contributed by atoms with van der Waals surface area (Å²) in [7, 11) is 4.90. The van der Waals surface area contributed by atoms with Gasteiger partial charge in [0.1, 0.15) is 58.6 Å². The average molecular weight is 1590 g/mol. The van der Waals surface area contributed by atoms with Crippen LogP contribution < -0.4 is 26.0 Å². The molecule has 119 heavy (non-hydrogen) atoms. The third-order valence-corrected chi connectivity index (χ3v) is 20.9. The van der Waals surface area contributed by atoms with Crippen LogP contribution in [0.5, 0.6) is 5.75 Å². The van der Waals surface area contributed by atoms with Crippen molar-refractivity contribution < 1.29 is 53.0 Å². The predicted octanol–water partition coefficient (Wildman–Crippen LogP) is 15.4. The Labute approximate surface area is 688 Å². The summed E-state index contributed by atoms with van der Waals surface area (Å²) in [5.41, 5.74) is 26.7. The largest absolute Gasteiger partial charge is 0.494 e. The third-order valence-electron chi connectivity index (χ3n) is 20.9. The molecule has 1 unspecified atom stereocenters. The van der Waals surface area contributed by atoms with Gasteiger partial charge in [-0.25, -0.2) is 33.7 Å². The van der Waals surface area contributed by atoms with Crippen LogP contribution in [0.2, 0.25) is 0 Å². The quantitative estimate of drug-likeness (QED) is 0.0379. The van der Waals surface area contributed by atoms with Crippen LogP contribution in [0.1, 0.15) is 127 Å². The lowest BCUT2D eigenvalue weighted by Crippen LogP contribution is -2.25. The van der Waals surface area contributed by atoms with Gasteiger partial charge in [0.2, 0.25) is 0 Å². The molecule has 5 aliphatic rings. The minimum absolute atomic E-state index is 0.0491. The van der Waals surface area contributed by atoms with Gasteiger partial charge < -0.3 is 63.9 Å². The number of aliphatic hydroxyl groups excluding tert-OH is 3. The molecule has 21 nitrogen and oxygen atoms in total. The predicted molar refractivity (Wildman–Crippen MR) is 469 cm³/mol. The van der Waals surface area contributed by atoms with Crippen LogP contribution >= 0.6 is 0 Å². The number of aliphatic hydroxyl groups is 3. The van der Waals surface area contributed by atoms with Crippen molar-refractivity contribution in [1.29, 1.82) is 0 Å². The minimum atomic E-state index is -1.14. The minimum Gasteiger partial charge on any atom is -0.494 e. The average Bonchev–Trinajstić information content (AvgIpc) is 1.62. The van der Waals surface area contributed by atoms with Crippen molar-refractivity contribution in [3.8, 4) is 5.75 Å². The summed E-state index contributed by atoms with van der Waals surface area (Å²) >= 11 is 0. The Morgan fingerprint density at radius 3 is 1.64 bits per heavy atom. The summed E-state index contributed by atoms with van der Waals surface area (Å²) < 4.78 is 44.6. The number of halogens is 1. The number of ether oxygens (including phenoxy) is 5. The fourth-order valence-electron chi connectivity index (χ4n) is 15.1. The van der Waals surface area contributed by atoms with E-state index >= 15 is 0 Å². The van der Waals surface area contributed by atoms with Gasteiger partial charge in [-0.15, -0.1) is 0 Å². The van der Waals surface area contributed by atoms with E-state index in [2.05, 4.69) is 112 Å². The van der Waals surface area contributed by atoms with Crippen LogP contribution in [-0.4, -0.2) is 132 Å². The monoisotopic (exact) mass is 1590 g/mol. The third kappa shape index (κ3) is 18.2. The van der Waals surface area contributed by atoms with Crippen molar-refractivity contribution in [3.05, 3.63) is 344 Å². The number of carbonyl (C=O) groups excluding carboxylic acids is 2. The first-order chi connectivity index (χ1) is 57.4. The second-order valence-corrected chi connectivity index (χ2v) is 30.1. The molecule has 7 aromatic heterocycles. The number of hydrogen-bond acceptors (Lipinski definition) is 14. The number of H-pyrrole nitrogens is 5. The SMILES string of the molecule is COC1=CC(C2=Cc3ccccc3C2)=N/C1=C\c1[nH]c(C)c(CCCO)c1C.COC1=CC(c2cc3ccccc3n2C(=O)OCC(O)CO)=N/C1=C\c1[nH]c(C)cc1C.COC1=CC(c2cc3ccccc3n2C(=O)c2ccccc2)=N/C1=C/c1[nH]c(C)cc1C.Cc1cc(C)c(/C=c2/[nH]c(=C3C=c4cc(F)ccc4=N3)cc2OC(C)C)[nH]1. The molecule has 0 saturated heterocycles. The first-order valence-electron chi connectivity index (χ1n) is 39.5.